The van der Waals surface area contributed by atoms with Crippen LogP contribution in [-0.2, 0) is 16.0 Å². The van der Waals surface area contributed by atoms with Gasteiger partial charge in [-0.05, 0) is 13.0 Å². The number of nitrogens with one attached hydrogen (secondary N) is 1. The van der Waals surface area contributed by atoms with Crippen molar-refractivity contribution in [2.24, 2.45) is 0 Å². The first-order chi connectivity index (χ1) is 7.60. The van der Waals surface area contributed by atoms with Crippen LogP contribution in [-0.4, -0.2) is 32.7 Å². The fraction of sp³-hybridized carbons (Fsp3) is 0.333. The molecule has 0 saturated carbocycles. The van der Waals surface area contributed by atoms with E-state index in [-0.39, 0.29) is 12.4 Å². The number of nitrogens with zero attached hydrogens (tertiary/aromatic N) is 3. The van der Waals surface area contributed by atoms with Crippen molar-refractivity contribution in [3.63, 3.8) is 0 Å². The molecule has 6 nitrogen and oxygen atoms in total. The van der Waals surface area contributed by atoms with Gasteiger partial charge in [0.1, 0.15) is 16.9 Å². The average Bonchev–Trinajstić information content (AvgIpc) is 2.60. The predicted octanol–water partition coefficient (Wildman–Crippen LogP) is 0.811. The van der Waals surface area contributed by atoms with E-state index in [1.54, 1.807) is 10.6 Å². The van der Waals surface area contributed by atoms with E-state index in [0.717, 1.165) is 5.69 Å². The molecule has 0 aliphatic carbocycles. The molecule has 7 heteroatoms. The summed E-state index contributed by atoms with van der Waals surface area (Å²) in [7, 11) is 1.33. The second kappa shape index (κ2) is 4.01. The molecule has 2 rings (SSSR count). The molecule has 0 saturated heterocycles. The Bertz CT molecular complexity index is 601. The number of H-pyrrole nitrogens is 1. The monoisotopic (exact) mass is 238 g/mol. The van der Waals surface area contributed by atoms with Crippen molar-refractivity contribution in [1.82, 2.24) is 19.6 Å². The molecular formula is C9H10N4O2S. The second-order valence-corrected chi connectivity index (χ2v) is 3.71. The Labute approximate surface area is 96.3 Å². The molecule has 2 aromatic heterocycles. The van der Waals surface area contributed by atoms with Crippen molar-refractivity contribution in [2.45, 2.75) is 13.3 Å². The number of esters is 1. The van der Waals surface area contributed by atoms with Crippen LogP contribution in [0.3, 0.4) is 0 Å². The van der Waals surface area contributed by atoms with E-state index in [2.05, 4.69) is 19.8 Å². The summed E-state index contributed by atoms with van der Waals surface area (Å²) in [6.07, 6.45) is 0.0771. The minimum atomic E-state index is -0.359. The minimum absolute atomic E-state index is 0.0771. The summed E-state index contributed by atoms with van der Waals surface area (Å²) in [5.74, 6) is 0.585. The van der Waals surface area contributed by atoms with E-state index in [4.69, 9.17) is 12.2 Å². The first-order valence-corrected chi connectivity index (χ1v) is 5.03. The SMILES string of the molecule is COC(=O)Cc1nc2nc(C)cc(=S)n2[nH]1. The number of carbonyl (C=O) groups is 1. The van der Waals surface area contributed by atoms with E-state index in [1.807, 2.05) is 6.92 Å². The molecule has 0 fully saturated rings. The first kappa shape index (κ1) is 10.7. The fourth-order valence-electron chi connectivity index (χ4n) is 1.32. The maximum atomic E-state index is 11.1. The molecule has 2 heterocycles. The largest absolute Gasteiger partial charge is 0.469 e. The Morgan fingerprint density at radius 1 is 1.62 bits per heavy atom. The minimum Gasteiger partial charge on any atom is -0.469 e. The summed E-state index contributed by atoms with van der Waals surface area (Å²) in [4.78, 5) is 19.4. The Morgan fingerprint density at radius 2 is 2.38 bits per heavy atom. The molecule has 2 aromatic rings. The number of fused-ring (bicyclic) bond motifs is 1. The third-order valence-corrected chi connectivity index (χ3v) is 2.34. The maximum absolute atomic E-state index is 11.1. The highest BCUT2D eigenvalue weighted by Gasteiger charge is 2.09. The van der Waals surface area contributed by atoms with Crippen LogP contribution in [0.5, 0.6) is 0 Å². The Morgan fingerprint density at radius 3 is 3.06 bits per heavy atom. The average molecular weight is 238 g/mol. The van der Waals surface area contributed by atoms with Crippen molar-refractivity contribution in [2.75, 3.05) is 7.11 Å². The van der Waals surface area contributed by atoms with Gasteiger partial charge in [0, 0.05) is 5.69 Å². The molecule has 1 N–H and O–H groups in total. The highest BCUT2D eigenvalue weighted by molar-refractivity contribution is 7.71. The molecule has 16 heavy (non-hydrogen) atoms. The van der Waals surface area contributed by atoms with E-state index in [1.165, 1.54) is 7.11 Å². The quantitative estimate of drug-likeness (QED) is 0.619. The van der Waals surface area contributed by atoms with E-state index >= 15 is 0 Å². The van der Waals surface area contributed by atoms with Crippen LogP contribution in [0.25, 0.3) is 5.78 Å². The molecule has 0 aromatic carbocycles. The number of hydrogen-bond donors (Lipinski definition) is 1. The lowest BCUT2D eigenvalue weighted by Gasteiger charge is -1.94. The van der Waals surface area contributed by atoms with Crippen molar-refractivity contribution in [1.29, 1.82) is 0 Å². The van der Waals surface area contributed by atoms with E-state index in [9.17, 15) is 4.79 Å². The predicted molar refractivity (Wildman–Crippen MR) is 58.6 cm³/mol. The summed E-state index contributed by atoms with van der Waals surface area (Å²) in [6, 6.07) is 1.75. The van der Waals surface area contributed by atoms with Crippen LogP contribution in [0.15, 0.2) is 6.07 Å². The number of aryl methyl sites for hydroxylation is 1. The number of aromatic nitrogens is 4. The molecule has 0 unspecified atom stereocenters. The highest BCUT2D eigenvalue weighted by Crippen LogP contribution is 2.03. The topological polar surface area (TPSA) is 72.3 Å². The van der Waals surface area contributed by atoms with Crippen LogP contribution < -0.4 is 0 Å². The van der Waals surface area contributed by atoms with Crippen LogP contribution in [0.2, 0.25) is 0 Å². The zero-order valence-corrected chi connectivity index (χ0v) is 9.67. The molecule has 0 aliphatic rings. The summed E-state index contributed by atoms with van der Waals surface area (Å²) in [6.45, 7) is 1.84. The van der Waals surface area contributed by atoms with Crippen LogP contribution in [0.4, 0.5) is 0 Å². The number of hydrogen-bond acceptors (Lipinski definition) is 5. The van der Waals surface area contributed by atoms with Gasteiger partial charge in [-0.2, -0.15) is 4.98 Å². The molecular weight excluding hydrogens is 228 g/mol. The third kappa shape index (κ3) is 1.94. The molecule has 0 amide bonds. The number of ether oxygens (including phenoxy) is 1. The summed E-state index contributed by atoms with van der Waals surface area (Å²) >= 11 is 5.13. The first-order valence-electron chi connectivity index (χ1n) is 4.62. The number of carbonyl (C=O) groups excluding carboxylic acids is 1. The lowest BCUT2D eigenvalue weighted by molar-refractivity contribution is -0.139. The third-order valence-electron chi connectivity index (χ3n) is 2.04. The maximum Gasteiger partial charge on any atom is 0.313 e. The van der Waals surface area contributed by atoms with E-state index in [0.29, 0.717) is 16.2 Å². The zero-order chi connectivity index (χ0) is 11.7. The number of rotatable bonds is 2. The lowest BCUT2D eigenvalue weighted by atomic mass is 10.4. The van der Waals surface area contributed by atoms with Gasteiger partial charge in [0.05, 0.1) is 7.11 Å². The zero-order valence-electron chi connectivity index (χ0n) is 8.85. The van der Waals surface area contributed by atoms with Crippen LogP contribution >= 0.6 is 12.2 Å². The number of methoxy groups -OCH3 is 1. The normalized spacial score (nSPS) is 10.6. The van der Waals surface area contributed by atoms with Gasteiger partial charge in [-0.15, -0.1) is 0 Å². The fourth-order valence-corrected chi connectivity index (χ4v) is 1.62. The lowest BCUT2D eigenvalue weighted by Crippen LogP contribution is -2.06. The van der Waals surface area contributed by atoms with Gasteiger partial charge in [0.2, 0.25) is 0 Å². The Kier molecular flexibility index (Phi) is 2.69. The Hall–Kier alpha value is -1.76. The summed E-state index contributed by atoms with van der Waals surface area (Å²) in [5.41, 5.74) is 0.793. The second-order valence-electron chi connectivity index (χ2n) is 3.29. The van der Waals surface area contributed by atoms with Crippen LogP contribution in [0.1, 0.15) is 11.5 Å². The van der Waals surface area contributed by atoms with Gasteiger partial charge < -0.3 is 4.74 Å². The smallest absolute Gasteiger partial charge is 0.313 e. The van der Waals surface area contributed by atoms with Crippen molar-refractivity contribution < 1.29 is 9.53 Å². The van der Waals surface area contributed by atoms with Crippen molar-refractivity contribution >= 4 is 24.0 Å². The van der Waals surface area contributed by atoms with E-state index < -0.39 is 0 Å². The van der Waals surface area contributed by atoms with Crippen LogP contribution in [0, 0.1) is 11.6 Å². The van der Waals surface area contributed by atoms with Gasteiger partial charge >= 0.3 is 5.97 Å². The summed E-state index contributed by atoms with van der Waals surface area (Å²) < 4.78 is 6.68. The van der Waals surface area contributed by atoms with Gasteiger partial charge in [0.25, 0.3) is 5.78 Å². The standard InChI is InChI=1S/C9H10N4O2S/c1-5-3-7(16)13-9(10-5)11-6(12-13)4-8(14)15-2/h3H,4H2,1-2H3,(H,10,11,12). The molecule has 0 bridgehead atoms. The van der Waals surface area contributed by atoms with Gasteiger partial charge in [0.15, 0.2) is 0 Å². The molecule has 0 spiro atoms. The molecule has 0 radical (unpaired) electrons. The van der Waals surface area contributed by atoms with Gasteiger partial charge in [-0.1, -0.05) is 12.2 Å². The molecule has 84 valence electrons. The van der Waals surface area contributed by atoms with Crippen molar-refractivity contribution in [3.8, 4) is 0 Å². The van der Waals surface area contributed by atoms with Crippen molar-refractivity contribution in [3.05, 3.63) is 22.2 Å². The molecule has 0 aliphatic heterocycles. The Balaban J connectivity index is 2.48. The molecule has 0 atom stereocenters. The summed E-state index contributed by atoms with van der Waals surface area (Å²) in [5, 5.41) is 2.89. The van der Waals surface area contributed by atoms with Gasteiger partial charge in [-0.3, -0.25) is 9.89 Å². The number of aromatic amines is 1. The highest BCUT2D eigenvalue weighted by atomic mass is 32.1. The van der Waals surface area contributed by atoms with Gasteiger partial charge in [-0.25, -0.2) is 9.50 Å².